The van der Waals surface area contributed by atoms with Crippen LogP contribution in [0.5, 0.6) is 11.5 Å². The average Bonchev–Trinajstić information content (AvgIpc) is 3.05. The van der Waals surface area contributed by atoms with Crippen molar-refractivity contribution >= 4 is 29.4 Å². The van der Waals surface area contributed by atoms with Crippen LogP contribution in [0.15, 0.2) is 121 Å². The number of fused-ring (bicyclic) bond motifs is 7. The van der Waals surface area contributed by atoms with Crippen molar-refractivity contribution in [2.75, 3.05) is 0 Å². The monoisotopic (exact) mass is 500 g/mol. The molecule has 178 valence electrons. The van der Waals surface area contributed by atoms with Crippen LogP contribution in [0.1, 0.15) is 0 Å². The molecular weight excluding hydrogens is 479 g/mol. The summed E-state index contributed by atoms with van der Waals surface area (Å²) in [5.41, 5.74) is 5.93. The Balaban J connectivity index is 1.50. The van der Waals surface area contributed by atoms with E-state index in [0.717, 1.165) is 54.9 Å². The van der Waals surface area contributed by atoms with Crippen LogP contribution in [0.2, 0.25) is 0 Å². The summed E-state index contributed by atoms with van der Waals surface area (Å²) in [6.45, 7) is 0. The number of phosphoric acid groups is 1. The molecule has 6 aromatic carbocycles. The predicted molar refractivity (Wildman–Crippen MR) is 149 cm³/mol. The molecule has 1 heterocycles. The van der Waals surface area contributed by atoms with E-state index in [0.29, 0.717) is 11.5 Å². The van der Waals surface area contributed by atoms with Gasteiger partial charge in [-0.25, -0.2) is 4.57 Å². The molecule has 37 heavy (non-hydrogen) atoms. The lowest BCUT2D eigenvalue weighted by Gasteiger charge is -2.15. The van der Waals surface area contributed by atoms with Gasteiger partial charge in [-0.2, -0.15) is 0 Å². The van der Waals surface area contributed by atoms with Crippen molar-refractivity contribution in [2.24, 2.45) is 0 Å². The molecule has 5 heteroatoms. The lowest BCUT2D eigenvalue weighted by atomic mass is 9.90. The quantitative estimate of drug-likeness (QED) is 0.241. The van der Waals surface area contributed by atoms with Gasteiger partial charge in [-0.1, -0.05) is 97.1 Å². The maximum atomic E-state index is 12.8. The molecule has 0 bridgehead atoms. The van der Waals surface area contributed by atoms with Crippen LogP contribution in [0, 0.1) is 0 Å². The van der Waals surface area contributed by atoms with Gasteiger partial charge in [0.25, 0.3) is 0 Å². The summed E-state index contributed by atoms with van der Waals surface area (Å²) in [7, 11) is -4.37. The maximum Gasteiger partial charge on any atom is 0.584 e. The van der Waals surface area contributed by atoms with E-state index >= 15 is 0 Å². The smallest absolute Gasteiger partial charge is 0.395 e. The highest BCUT2D eigenvalue weighted by molar-refractivity contribution is 7.48. The lowest BCUT2D eigenvalue weighted by molar-refractivity contribution is 0.294. The molecule has 0 aromatic heterocycles. The Hall–Kier alpha value is -4.37. The van der Waals surface area contributed by atoms with Gasteiger partial charge in [0.15, 0.2) is 0 Å². The summed E-state index contributed by atoms with van der Waals surface area (Å²) in [6.07, 6.45) is 0. The minimum absolute atomic E-state index is 0.323. The highest BCUT2D eigenvalue weighted by atomic mass is 31.2. The van der Waals surface area contributed by atoms with Crippen LogP contribution >= 0.6 is 7.82 Å². The largest absolute Gasteiger partial charge is 0.584 e. The fraction of sp³-hybridized carbons (Fsp3) is 0. The van der Waals surface area contributed by atoms with Gasteiger partial charge in [-0.3, -0.25) is 4.89 Å². The summed E-state index contributed by atoms with van der Waals surface area (Å²) in [6, 6.07) is 40.3. The van der Waals surface area contributed by atoms with Gasteiger partial charge in [-0.15, -0.1) is 0 Å². The third-order valence-corrected chi connectivity index (χ3v) is 7.71. The van der Waals surface area contributed by atoms with Crippen molar-refractivity contribution in [3.63, 3.8) is 0 Å². The van der Waals surface area contributed by atoms with Gasteiger partial charge < -0.3 is 9.05 Å². The van der Waals surface area contributed by atoms with E-state index in [2.05, 4.69) is 60.7 Å². The summed E-state index contributed by atoms with van der Waals surface area (Å²) in [4.78, 5) is 10.5. The lowest BCUT2D eigenvalue weighted by Crippen LogP contribution is -1.97. The van der Waals surface area contributed by atoms with Gasteiger partial charge in [0, 0.05) is 11.1 Å². The Bertz CT molecular complexity index is 1730. The molecule has 0 fully saturated rings. The van der Waals surface area contributed by atoms with Crippen LogP contribution in [-0.2, 0) is 4.57 Å². The van der Waals surface area contributed by atoms with Crippen molar-refractivity contribution in [3.8, 4) is 44.9 Å². The Morgan fingerprint density at radius 2 is 0.919 bits per heavy atom. The summed E-state index contributed by atoms with van der Waals surface area (Å²) in [5, 5.41) is 3.84. The fourth-order valence-electron chi connectivity index (χ4n) is 5.18. The van der Waals surface area contributed by atoms with Gasteiger partial charge in [0.1, 0.15) is 11.5 Å². The van der Waals surface area contributed by atoms with E-state index in [-0.39, 0.29) is 0 Å². The number of hydrogen-bond acceptors (Lipinski definition) is 3. The second-order valence-corrected chi connectivity index (χ2v) is 10.4. The summed E-state index contributed by atoms with van der Waals surface area (Å²) < 4.78 is 24.0. The van der Waals surface area contributed by atoms with Crippen LogP contribution in [0.3, 0.4) is 0 Å². The van der Waals surface area contributed by atoms with Crippen LogP contribution < -0.4 is 9.05 Å². The molecule has 1 N–H and O–H groups in total. The predicted octanol–water partition coefficient (Wildman–Crippen LogP) is 8.87. The molecule has 1 aliphatic rings. The molecule has 7 rings (SSSR count). The SMILES string of the molecule is O=P1(O)Oc2ccc3cc(-c4ccccc4)ccc3c2-c2c(ccc3cc(-c4ccccc4)ccc23)O1. The van der Waals surface area contributed by atoms with E-state index in [1.807, 2.05) is 48.5 Å². The van der Waals surface area contributed by atoms with E-state index in [1.54, 1.807) is 12.1 Å². The third-order valence-electron chi connectivity index (χ3n) is 6.85. The van der Waals surface area contributed by atoms with Crippen molar-refractivity contribution in [3.05, 3.63) is 121 Å². The Labute approximate surface area is 214 Å². The van der Waals surface area contributed by atoms with E-state index in [9.17, 15) is 9.46 Å². The van der Waals surface area contributed by atoms with E-state index in [1.165, 1.54) is 0 Å². The van der Waals surface area contributed by atoms with Crippen molar-refractivity contribution in [1.29, 1.82) is 0 Å². The first-order valence-electron chi connectivity index (χ1n) is 12.0. The summed E-state index contributed by atoms with van der Waals surface area (Å²) >= 11 is 0. The topological polar surface area (TPSA) is 55.8 Å². The second-order valence-electron chi connectivity index (χ2n) is 9.13. The van der Waals surface area contributed by atoms with Crippen molar-refractivity contribution < 1.29 is 18.5 Å². The highest BCUT2D eigenvalue weighted by Crippen LogP contribution is 2.57. The van der Waals surface area contributed by atoms with Gasteiger partial charge in [-0.05, 0) is 68.1 Å². The number of benzene rings is 6. The highest BCUT2D eigenvalue weighted by Gasteiger charge is 2.34. The van der Waals surface area contributed by atoms with Crippen molar-refractivity contribution in [1.82, 2.24) is 0 Å². The second kappa shape index (κ2) is 8.35. The molecule has 0 amide bonds. The number of rotatable bonds is 2. The molecular formula is C32H21O4P. The standard InChI is InChI=1S/C32H21O4P/c33-37(34)35-29-17-13-25-19-23(21-7-3-1-4-8-21)11-15-27(25)31(29)32-28-16-12-24(22-9-5-2-6-10-22)20-26(28)14-18-30(32)36-37/h1-20H,(H,33,34). The molecule has 0 aliphatic carbocycles. The van der Waals surface area contributed by atoms with Crippen LogP contribution in [0.25, 0.3) is 54.9 Å². The number of phosphoric ester groups is 1. The number of hydrogen-bond donors (Lipinski definition) is 1. The Kier molecular flexibility index (Phi) is 4.93. The minimum atomic E-state index is -4.37. The fourth-order valence-corrected chi connectivity index (χ4v) is 6.01. The normalized spacial score (nSPS) is 13.8. The Morgan fingerprint density at radius 1 is 0.486 bits per heavy atom. The molecule has 4 nitrogen and oxygen atoms in total. The van der Waals surface area contributed by atoms with Crippen molar-refractivity contribution in [2.45, 2.75) is 0 Å². The van der Waals surface area contributed by atoms with Gasteiger partial charge in [0.05, 0.1) is 0 Å². The molecule has 6 aromatic rings. The van der Waals surface area contributed by atoms with Gasteiger partial charge in [0.2, 0.25) is 0 Å². The zero-order valence-electron chi connectivity index (χ0n) is 19.7. The zero-order valence-corrected chi connectivity index (χ0v) is 20.6. The summed E-state index contributed by atoms with van der Waals surface area (Å²) in [5.74, 6) is 0.647. The average molecular weight is 500 g/mol. The molecule has 0 unspecified atom stereocenters. The molecule has 0 spiro atoms. The maximum absolute atomic E-state index is 12.8. The molecule has 0 radical (unpaired) electrons. The minimum Gasteiger partial charge on any atom is -0.395 e. The first-order valence-corrected chi connectivity index (χ1v) is 13.5. The Morgan fingerprint density at radius 3 is 1.35 bits per heavy atom. The van der Waals surface area contributed by atoms with Crippen LogP contribution in [0.4, 0.5) is 0 Å². The molecule has 0 saturated heterocycles. The molecule has 0 atom stereocenters. The molecule has 1 aliphatic heterocycles. The van der Waals surface area contributed by atoms with E-state index in [4.69, 9.17) is 9.05 Å². The first-order chi connectivity index (χ1) is 18.1. The zero-order chi connectivity index (χ0) is 25.0. The van der Waals surface area contributed by atoms with E-state index < -0.39 is 7.82 Å². The van der Waals surface area contributed by atoms with Crippen LogP contribution in [-0.4, -0.2) is 4.89 Å². The first kappa shape index (κ1) is 21.9. The van der Waals surface area contributed by atoms with Gasteiger partial charge >= 0.3 is 7.82 Å². The third kappa shape index (κ3) is 3.79. The molecule has 0 saturated carbocycles.